The van der Waals surface area contributed by atoms with E-state index >= 15 is 0 Å². The van der Waals surface area contributed by atoms with E-state index in [1.54, 1.807) is 6.07 Å². The number of nitrogens with one attached hydrogen (secondary N) is 1. The third kappa shape index (κ3) is 2.71. The molecule has 1 amide bonds. The van der Waals surface area contributed by atoms with Crippen molar-refractivity contribution in [3.63, 3.8) is 0 Å². The molecule has 2 N–H and O–H groups in total. The summed E-state index contributed by atoms with van der Waals surface area (Å²) in [4.78, 5) is 24.0. The van der Waals surface area contributed by atoms with Crippen LogP contribution in [0.5, 0.6) is 0 Å². The number of nitrogens with zero attached hydrogens (tertiary/aromatic N) is 1. The summed E-state index contributed by atoms with van der Waals surface area (Å²) in [6.45, 7) is 3.98. The van der Waals surface area contributed by atoms with Crippen molar-refractivity contribution >= 4 is 11.9 Å². The molecule has 0 bridgehead atoms. The summed E-state index contributed by atoms with van der Waals surface area (Å²) in [5, 5.41) is 12.3. The highest BCUT2D eigenvalue weighted by Gasteiger charge is 2.41. The lowest BCUT2D eigenvalue weighted by Gasteiger charge is -2.34. The molecule has 1 aromatic rings. The zero-order valence-electron chi connectivity index (χ0n) is 12.1. The van der Waals surface area contributed by atoms with E-state index < -0.39 is 11.5 Å². The van der Waals surface area contributed by atoms with Crippen molar-refractivity contribution in [3.8, 4) is 0 Å². The molecule has 0 atom stereocenters. The summed E-state index contributed by atoms with van der Waals surface area (Å²) < 4.78 is 1.85. The molecule has 0 saturated heterocycles. The molecule has 20 heavy (non-hydrogen) atoms. The maximum absolute atomic E-state index is 12.4. The van der Waals surface area contributed by atoms with Gasteiger partial charge in [0.1, 0.15) is 11.2 Å². The average Bonchev–Trinajstić information content (AvgIpc) is 2.89. The van der Waals surface area contributed by atoms with Crippen molar-refractivity contribution < 1.29 is 14.7 Å². The summed E-state index contributed by atoms with van der Waals surface area (Å²) in [7, 11) is 0. The number of carbonyl (C=O) groups excluding carboxylic acids is 1. The summed E-state index contributed by atoms with van der Waals surface area (Å²) >= 11 is 0. The number of hydrogen-bond donors (Lipinski definition) is 2. The monoisotopic (exact) mass is 278 g/mol. The van der Waals surface area contributed by atoms with Gasteiger partial charge in [0, 0.05) is 12.2 Å². The van der Waals surface area contributed by atoms with Crippen molar-refractivity contribution in [1.29, 1.82) is 0 Å². The van der Waals surface area contributed by atoms with Crippen LogP contribution in [-0.4, -0.2) is 27.1 Å². The van der Waals surface area contributed by atoms with Crippen molar-refractivity contribution in [2.24, 2.45) is 0 Å². The number of aromatic nitrogens is 1. The smallest absolute Gasteiger partial charge is 0.329 e. The minimum atomic E-state index is -1.10. The van der Waals surface area contributed by atoms with E-state index in [0.29, 0.717) is 18.5 Å². The van der Waals surface area contributed by atoms with E-state index in [-0.39, 0.29) is 11.9 Å². The number of amides is 1. The van der Waals surface area contributed by atoms with E-state index in [9.17, 15) is 14.7 Å². The molecular formula is C15H22N2O3. The van der Waals surface area contributed by atoms with E-state index in [1.807, 2.05) is 30.7 Å². The van der Waals surface area contributed by atoms with Crippen LogP contribution >= 0.6 is 0 Å². The first-order chi connectivity index (χ1) is 9.46. The summed E-state index contributed by atoms with van der Waals surface area (Å²) in [6.07, 6.45) is 5.59. The van der Waals surface area contributed by atoms with Gasteiger partial charge in [0.15, 0.2) is 0 Å². The van der Waals surface area contributed by atoms with Gasteiger partial charge in [-0.15, -0.1) is 0 Å². The Morgan fingerprint density at radius 3 is 2.50 bits per heavy atom. The largest absolute Gasteiger partial charge is 0.480 e. The van der Waals surface area contributed by atoms with Crippen LogP contribution in [0.2, 0.25) is 0 Å². The van der Waals surface area contributed by atoms with E-state index in [2.05, 4.69) is 5.32 Å². The van der Waals surface area contributed by atoms with Gasteiger partial charge in [-0.3, -0.25) is 4.79 Å². The maximum Gasteiger partial charge on any atom is 0.329 e. The third-order valence-electron chi connectivity index (χ3n) is 4.04. The van der Waals surface area contributed by atoms with Crippen LogP contribution < -0.4 is 5.32 Å². The highest BCUT2D eigenvalue weighted by Crippen LogP contribution is 2.29. The number of rotatable bonds is 4. The molecule has 1 aromatic heterocycles. The van der Waals surface area contributed by atoms with Gasteiger partial charge in [-0.25, -0.2) is 4.79 Å². The van der Waals surface area contributed by atoms with Gasteiger partial charge in [-0.05, 0) is 38.8 Å². The van der Waals surface area contributed by atoms with Gasteiger partial charge in [0.2, 0.25) is 0 Å². The number of hydrogen-bond acceptors (Lipinski definition) is 2. The van der Waals surface area contributed by atoms with Crippen molar-refractivity contribution in [2.45, 2.75) is 57.5 Å². The molecule has 2 rings (SSSR count). The van der Waals surface area contributed by atoms with Crippen molar-refractivity contribution in [2.75, 3.05) is 0 Å². The minimum Gasteiger partial charge on any atom is -0.480 e. The predicted octanol–water partition coefficient (Wildman–Crippen LogP) is 2.59. The predicted molar refractivity (Wildman–Crippen MR) is 75.7 cm³/mol. The molecule has 1 aliphatic carbocycles. The fourth-order valence-corrected chi connectivity index (χ4v) is 2.87. The highest BCUT2D eigenvalue weighted by molar-refractivity contribution is 5.96. The Kier molecular flexibility index (Phi) is 4.16. The molecule has 0 spiro atoms. The van der Waals surface area contributed by atoms with E-state index in [4.69, 9.17) is 0 Å². The van der Waals surface area contributed by atoms with Gasteiger partial charge in [-0.2, -0.15) is 0 Å². The number of carbonyl (C=O) groups is 2. The van der Waals surface area contributed by atoms with Crippen molar-refractivity contribution in [1.82, 2.24) is 9.88 Å². The zero-order chi connectivity index (χ0) is 14.8. The highest BCUT2D eigenvalue weighted by atomic mass is 16.4. The number of carboxylic acids is 1. The van der Waals surface area contributed by atoms with Crippen LogP contribution in [0, 0.1) is 0 Å². The lowest BCUT2D eigenvalue weighted by Crippen LogP contribution is -2.55. The second-order valence-electron chi connectivity index (χ2n) is 5.80. The zero-order valence-corrected chi connectivity index (χ0v) is 12.1. The van der Waals surface area contributed by atoms with Crippen LogP contribution in [0.3, 0.4) is 0 Å². The second kappa shape index (κ2) is 5.69. The first-order valence-corrected chi connectivity index (χ1v) is 7.19. The molecule has 5 heteroatoms. The molecule has 0 aliphatic heterocycles. The van der Waals surface area contributed by atoms with E-state index in [0.717, 1.165) is 19.3 Å². The average molecular weight is 278 g/mol. The summed E-state index contributed by atoms with van der Waals surface area (Å²) in [5.74, 6) is -1.22. The minimum absolute atomic E-state index is 0.165. The standard InChI is InChI=1S/C15H22N2O3/c1-11(2)17-10-6-7-12(17)13(18)16-15(14(19)20)8-4-3-5-9-15/h6-7,10-11H,3-5,8-9H2,1-2H3,(H,16,18)(H,19,20). The fourth-order valence-electron chi connectivity index (χ4n) is 2.87. The summed E-state index contributed by atoms with van der Waals surface area (Å²) in [6, 6.07) is 3.70. The summed E-state index contributed by atoms with van der Waals surface area (Å²) in [5.41, 5.74) is -0.576. The molecule has 5 nitrogen and oxygen atoms in total. The Labute approximate surface area is 119 Å². The lowest BCUT2D eigenvalue weighted by atomic mass is 9.81. The first kappa shape index (κ1) is 14.6. The van der Waals surface area contributed by atoms with Crippen LogP contribution in [0.1, 0.15) is 62.5 Å². The Bertz CT molecular complexity index is 499. The van der Waals surface area contributed by atoms with Crippen LogP contribution in [0.15, 0.2) is 18.3 Å². The molecular weight excluding hydrogens is 256 g/mol. The molecule has 1 fully saturated rings. The molecule has 0 aromatic carbocycles. The Morgan fingerprint density at radius 2 is 1.95 bits per heavy atom. The molecule has 0 radical (unpaired) electrons. The number of carboxylic acid groups (broad SMARTS) is 1. The molecule has 1 aliphatic rings. The first-order valence-electron chi connectivity index (χ1n) is 7.19. The molecule has 1 saturated carbocycles. The Hall–Kier alpha value is -1.78. The third-order valence-corrected chi connectivity index (χ3v) is 4.04. The SMILES string of the molecule is CC(C)n1cccc1C(=O)NC1(C(=O)O)CCCCC1. The second-order valence-corrected chi connectivity index (χ2v) is 5.80. The normalized spacial score (nSPS) is 17.9. The van der Waals surface area contributed by atoms with Gasteiger partial charge in [-0.1, -0.05) is 19.3 Å². The van der Waals surface area contributed by atoms with Gasteiger partial charge < -0.3 is 15.0 Å². The van der Waals surface area contributed by atoms with Crippen LogP contribution in [-0.2, 0) is 4.79 Å². The van der Waals surface area contributed by atoms with Crippen LogP contribution in [0.4, 0.5) is 0 Å². The van der Waals surface area contributed by atoms with Gasteiger partial charge >= 0.3 is 5.97 Å². The van der Waals surface area contributed by atoms with Crippen LogP contribution in [0.25, 0.3) is 0 Å². The number of aliphatic carboxylic acids is 1. The van der Waals surface area contributed by atoms with Gasteiger partial charge in [0.25, 0.3) is 5.91 Å². The quantitative estimate of drug-likeness (QED) is 0.889. The topological polar surface area (TPSA) is 71.3 Å². The molecule has 1 heterocycles. The van der Waals surface area contributed by atoms with E-state index in [1.165, 1.54) is 0 Å². The molecule has 0 unspecified atom stereocenters. The van der Waals surface area contributed by atoms with Gasteiger partial charge in [0.05, 0.1) is 0 Å². The maximum atomic E-state index is 12.4. The fraction of sp³-hybridized carbons (Fsp3) is 0.600. The molecule has 110 valence electrons. The Morgan fingerprint density at radius 1 is 1.30 bits per heavy atom. The Balaban J connectivity index is 2.20. The lowest BCUT2D eigenvalue weighted by molar-refractivity contribution is -0.145. The van der Waals surface area contributed by atoms with Crippen molar-refractivity contribution in [3.05, 3.63) is 24.0 Å².